The van der Waals surface area contributed by atoms with E-state index >= 15 is 0 Å². The van der Waals surface area contributed by atoms with E-state index in [9.17, 15) is 9.90 Å². The first-order chi connectivity index (χ1) is 12.2. The number of rotatable bonds is 4. The van der Waals surface area contributed by atoms with Crippen LogP contribution in [0.4, 0.5) is 0 Å². The third-order valence-electron chi connectivity index (χ3n) is 4.79. The quantitative estimate of drug-likeness (QED) is 0.715. The lowest BCUT2D eigenvalue weighted by atomic mass is 10.0. The second-order valence-corrected chi connectivity index (χ2v) is 6.58. The Morgan fingerprint density at radius 3 is 2.84 bits per heavy atom. The third kappa shape index (κ3) is 3.31. The Hall–Kier alpha value is -2.57. The lowest BCUT2D eigenvalue weighted by molar-refractivity contribution is 0.0792. The minimum atomic E-state index is -0.158. The summed E-state index contributed by atoms with van der Waals surface area (Å²) in [6.45, 7) is 2.66. The molecule has 1 aliphatic heterocycles. The Balaban J connectivity index is 1.59. The van der Waals surface area contributed by atoms with Crippen molar-refractivity contribution in [2.75, 3.05) is 13.1 Å². The fourth-order valence-corrected chi connectivity index (χ4v) is 3.37. The summed E-state index contributed by atoms with van der Waals surface area (Å²) >= 11 is 0. The topological polar surface area (TPSA) is 82.1 Å². The van der Waals surface area contributed by atoms with Crippen LogP contribution in [0.3, 0.4) is 0 Å². The molecule has 6 nitrogen and oxygen atoms in total. The van der Waals surface area contributed by atoms with Gasteiger partial charge >= 0.3 is 0 Å². The molecule has 1 aromatic carbocycles. The fourth-order valence-electron chi connectivity index (χ4n) is 3.37. The van der Waals surface area contributed by atoms with E-state index in [4.69, 9.17) is 0 Å². The predicted molar refractivity (Wildman–Crippen MR) is 95.2 cm³/mol. The van der Waals surface area contributed by atoms with Crippen molar-refractivity contribution in [1.29, 1.82) is 0 Å². The number of aromatic amines is 1. The number of aliphatic hydroxyl groups excluding tert-OH is 1. The number of hydrogen-bond acceptors (Lipinski definition) is 5. The molecule has 3 heterocycles. The van der Waals surface area contributed by atoms with Crippen LogP contribution in [0.5, 0.6) is 0 Å². The number of piperidine rings is 1. The van der Waals surface area contributed by atoms with E-state index in [1.165, 1.54) is 0 Å². The van der Waals surface area contributed by atoms with E-state index in [0.29, 0.717) is 5.69 Å². The van der Waals surface area contributed by atoms with E-state index < -0.39 is 0 Å². The number of carbonyl (C=O) groups excluding carboxylic acids is 1. The van der Waals surface area contributed by atoms with Gasteiger partial charge < -0.3 is 5.11 Å². The van der Waals surface area contributed by atoms with E-state index in [1.807, 2.05) is 30.6 Å². The number of nitrogens with zero attached hydrogens (tertiary/aromatic N) is 3. The molecule has 1 fully saturated rings. The van der Waals surface area contributed by atoms with E-state index in [0.717, 1.165) is 66.4 Å². The number of nitrogens with one attached hydrogen (secondary N) is 1. The zero-order valence-electron chi connectivity index (χ0n) is 13.9. The van der Waals surface area contributed by atoms with Gasteiger partial charge in [-0.2, -0.15) is 5.10 Å². The lowest BCUT2D eigenvalue weighted by Crippen LogP contribution is -2.35. The zero-order chi connectivity index (χ0) is 17.2. The van der Waals surface area contributed by atoms with Crippen molar-refractivity contribution >= 4 is 17.2 Å². The van der Waals surface area contributed by atoms with Crippen molar-refractivity contribution in [2.45, 2.75) is 25.5 Å². The van der Waals surface area contributed by atoms with Crippen molar-refractivity contribution in [3.63, 3.8) is 0 Å². The van der Waals surface area contributed by atoms with Gasteiger partial charge in [-0.1, -0.05) is 6.07 Å². The minimum absolute atomic E-state index is 0.158. The highest BCUT2D eigenvalue weighted by molar-refractivity contribution is 5.96. The number of aliphatic hydroxyl groups is 1. The molecule has 6 heteroatoms. The Labute approximate surface area is 145 Å². The molecule has 2 N–H and O–H groups in total. The van der Waals surface area contributed by atoms with Gasteiger partial charge in [0.15, 0.2) is 6.29 Å². The van der Waals surface area contributed by atoms with Crippen LogP contribution in [0.25, 0.3) is 22.0 Å². The van der Waals surface area contributed by atoms with Crippen LogP contribution < -0.4 is 0 Å². The second kappa shape index (κ2) is 6.74. The highest BCUT2D eigenvalue weighted by Gasteiger charge is 2.17. The van der Waals surface area contributed by atoms with Crippen LogP contribution in [-0.2, 0) is 6.54 Å². The highest BCUT2D eigenvalue weighted by atomic mass is 16.3. The first-order valence-electron chi connectivity index (χ1n) is 8.51. The molecule has 0 atom stereocenters. The molecule has 1 aliphatic rings. The average molecular weight is 336 g/mol. The molecular formula is C19H20N4O2. The van der Waals surface area contributed by atoms with Crippen molar-refractivity contribution < 1.29 is 9.90 Å². The Morgan fingerprint density at radius 2 is 2.04 bits per heavy atom. The van der Waals surface area contributed by atoms with Crippen LogP contribution in [-0.4, -0.2) is 50.7 Å². The minimum Gasteiger partial charge on any atom is -0.393 e. The first-order valence-corrected chi connectivity index (χ1v) is 8.51. The highest BCUT2D eigenvalue weighted by Crippen LogP contribution is 2.25. The third-order valence-corrected chi connectivity index (χ3v) is 4.79. The number of pyridine rings is 1. The van der Waals surface area contributed by atoms with Gasteiger partial charge in [0.05, 0.1) is 11.6 Å². The van der Waals surface area contributed by atoms with Gasteiger partial charge in [-0.15, -0.1) is 0 Å². The summed E-state index contributed by atoms with van der Waals surface area (Å²) in [6, 6.07) is 8.02. The number of H-pyrrole nitrogens is 1. The summed E-state index contributed by atoms with van der Waals surface area (Å²) in [5, 5.41) is 17.3. The maximum absolute atomic E-state index is 11.1. The molecule has 2 aromatic heterocycles. The number of aldehydes is 1. The van der Waals surface area contributed by atoms with E-state index in [2.05, 4.69) is 26.1 Å². The van der Waals surface area contributed by atoms with E-state index in [-0.39, 0.29) is 6.10 Å². The molecule has 25 heavy (non-hydrogen) atoms. The summed E-state index contributed by atoms with van der Waals surface area (Å²) in [7, 11) is 0. The van der Waals surface area contributed by atoms with Gasteiger partial charge in [0.2, 0.25) is 0 Å². The number of benzene rings is 1. The Morgan fingerprint density at radius 1 is 1.20 bits per heavy atom. The van der Waals surface area contributed by atoms with Crippen molar-refractivity contribution in [2.24, 2.45) is 0 Å². The van der Waals surface area contributed by atoms with Crippen LogP contribution in [0.1, 0.15) is 28.9 Å². The van der Waals surface area contributed by atoms with Gasteiger partial charge in [0, 0.05) is 43.0 Å². The molecule has 128 valence electrons. The normalized spacial score (nSPS) is 16.4. The first kappa shape index (κ1) is 15.9. The molecule has 0 unspecified atom stereocenters. The molecule has 1 saturated heterocycles. The van der Waals surface area contributed by atoms with Gasteiger partial charge in [0.1, 0.15) is 5.69 Å². The monoisotopic (exact) mass is 336 g/mol. The molecule has 0 spiro atoms. The van der Waals surface area contributed by atoms with Gasteiger partial charge in [-0.05, 0) is 42.2 Å². The molecule has 0 aliphatic carbocycles. The number of aromatic nitrogens is 3. The molecule has 0 radical (unpaired) electrons. The number of likely N-dealkylation sites (tertiary alicyclic amines) is 1. The fraction of sp³-hybridized carbons (Fsp3) is 0.316. The van der Waals surface area contributed by atoms with Gasteiger partial charge in [0.25, 0.3) is 0 Å². The molecule has 0 bridgehead atoms. The number of hydrogen-bond donors (Lipinski definition) is 2. The summed E-state index contributed by atoms with van der Waals surface area (Å²) in [5.74, 6) is 0. The SMILES string of the molecule is O=Cc1[nH]nc2ccc(-c3cncc(CN4CCC(O)CC4)c3)cc12. The Bertz CT molecular complexity index is 897. The molecular weight excluding hydrogens is 316 g/mol. The summed E-state index contributed by atoms with van der Waals surface area (Å²) in [6.07, 6.45) is 6.03. The van der Waals surface area contributed by atoms with Gasteiger partial charge in [-0.25, -0.2) is 0 Å². The largest absolute Gasteiger partial charge is 0.393 e. The molecule has 0 saturated carbocycles. The molecule has 3 aromatic rings. The maximum atomic E-state index is 11.1. The summed E-state index contributed by atoms with van der Waals surface area (Å²) < 4.78 is 0. The number of fused-ring (bicyclic) bond motifs is 1. The summed E-state index contributed by atoms with van der Waals surface area (Å²) in [4.78, 5) is 17.8. The zero-order valence-corrected chi connectivity index (χ0v) is 13.9. The molecule has 0 amide bonds. The van der Waals surface area contributed by atoms with Gasteiger partial charge in [-0.3, -0.25) is 19.8 Å². The second-order valence-electron chi connectivity index (χ2n) is 6.58. The average Bonchev–Trinajstić information content (AvgIpc) is 3.06. The van der Waals surface area contributed by atoms with Crippen molar-refractivity contribution in [3.8, 4) is 11.1 Å². The predicted octanol–water partition coefficient (Wildman–Crippen LogP) is 2.39. The van der Waals surface area contributed by atoms with Crippen LogP contribution in [0.2, 0.25) is 0 Å². The van der Waals surface area contributed by atoms with Crippen molar-refractivity contribution in [1.82, 2.24) is 20.1 Å². The van der Waals surface area contributed by atoms with Crippen LogP contribution in [0, 0.1) is 0 Å². The Kier molecular flexibility index (Phi) is 4.29. The van der Waals surface area contributed by atoms with Crippen molar-refractivity contribution in [3.05, 3.63) is 47.9 Å². The number of carbonyl (C=O) groups is 1. The lowest BCUT2D eigenvalue weighted by Gasteiger charge is -2.29. The standard InChI is InChI=1S/C19H20N4O2/c24-12-19-17-8-14(1-2-18(17)21-22-19)15-7-13(9-20-10-15)11-23-5-3-16(25)4-6-23/h1-2,7-10,12,16,25H,3-6,11H2,(H,21,22). The molecule has 4 rings (SSSR count). The van der Waals surface area contributed by atoms with E-state index in [1.54, 1.807) is 0 Å². The maximum Gasteiger partial charge on any atom is 0.168 e. The van der Waals surface area contributed by atoms with Crippen LogP contribution >= 0.6 is 0 Å². The van der Waals surface area contributed by atoms with Crippen LogP contribution in [0.15, 0.2) is 36.7 Å². The smallest absolute Gasteiger partial charge is 0.168 e. The summed E-state index contributed by atoms with van der Waals surface area (Å²) in [5.41, 5.74) is 4.46.